The standard InChI is InChI=1S/C23H23BrO2/c24-20-8-9-21-17(13-20)6-7-18-14-23(25-10-11-26-23)15-19(22(18)21)12-16-4-2-1-3-5-16/h1-5,7-9,13,19,22H,6,10-12,14-15H2/t19?,22-/m1/s1. The van der Waals surface area contributed by atoms with Crippen molar-refractivity contribution in [2.75, 3.05) is 13.2 Å². The highest BCUT2D eigenvalue weighted by atomic mass is 79.9. The average molecular weight is 411 g/mol. The third-order valence-corrected chi connectivity index (χ3v) is 6.59. The molecule has 1 unspecified atom stereocenters. The van der Waals surface area contributed by atoms with Crippen molar-refractivity contribution in [2.45, 2.75) is 37.4 Å². The van der Waals surface area contributed by atoms with Gasteiger partial charge in [-0.25, -0.2) is 0 Å². The lowest BCUT2D eigenvalue weighted by molar-refractivity contribution is -0.178. The number of halogens is 1. The van der Waals surface area contributed by atoms with Crippen LogP contribution in [0.3, 0.4) is 0 Å². The molecule has 5 rings (SSSR count). The van der Waals surface area contributed by atoms with Gasteiger partial charge in [0, 0.05) is 23.2 Å². The van der Waals surface area contributed by atoms with E-state index in [-0.39, 0.29) is 0 Å². The minimum Gasteiger partial charge on any atom is -0.347 e. The Labute approximate surface area is 163 Å². The summed E-state index contributed by atoms with van der Waals surface area (Å²) in [4.78, 5) is 0. The molecule has 1 spiro atoms. The molecule has 0 N–H and O–H groups in total. The van der Waals surface area contributed by atoms with Crippen LogP contribution in [0.1, 0.15) is 35.4 Å². The minimum absolute atomic E-state index is 0.394. The van der Waals surface area contributed by atoms with Crippen molar-refractivity contribution in [1.29, 1.82) is 0 Å². The topological polar surface area (TPSA) is 18.5 Å². The lowest BCUT2D eigenvalue weighted by Gasteiger charge is -2.45. The van der Waals surface area contributed by atoms with E-state index in [0.29, 0.717) is 11.8 Å². The second-order valence-corrected chi connectivity index (χ2v) is 8.66. The van der Waals surface area contributed by atoms with Gasteiger partial charge in [0.15, 0.2) is 5.79 Å². The molecule has 2 fully saturated rings. The first kappa shape index (κ1) is 16.7. The van der Waals surface area contributed by atoms with Crippen molar-refractivity contribution >= 4 is 15.9 Å². The lowest BCUT2D eigenvalue weighted by atomic mass is 9.65. The number of hydrogen-bond donors (Lipinski definition) is 0. The molecule has 2 aromatic rings. The molecule has 0 radical (unpaired) electrons. The van der Waals surface area contributed by atoms with Gasteiger partial charge in [0.05, 0.1) is 13.2 Å². The van der Waals surface area contributed by atoms with Crippen LogP contribution in [0.4, 0.5) is 0 Å². The Kier molecular flexibility index (Phi) is 4.27. The van der Waals surface area contributed by atoms with E-state index in [1.54, 1.807) is 0 Å². The van der Waals surface area contributed by atoms with Gasteiger partial charge in [-0.3, -0.25) is 0 Å². The molecule has 1 aliphatic heterocycles. The van der Waals surface area contributed by atoms with Gasteiger partial charge >= 0.3 is 0 Å². The molecular weight excluding hydrogens is 388 g/mol. The predicted molar refractivity (Wildman–Crippen MR) is 106 cm³/mol. The number of allylic oxidation sites excluding steroid dienone is 1. The number of hydrogen-bond acceptors (Lipinski definition) is 2. The van der Waals surface area contributed by atoms with Crippen LogP contribution in [0.25, 0.3) is 0 Å². The third-order valence-electron chi connectivity index (χ3n) is 6.10. The first-order valence-corrected chi connectivity index (χ1v) is 10.3. The molecule has 0 aromatic heterocycles. The molecule has 0 amide bonds. The molecule has 2 nitrogen and oxygen atoms in total. The molecular formula is C23H23BrO2. The molecule has 0 bridgehead atoms. The SMILES string of the molecule is Brc1ccc2c(c1)CC=C1CC3(CC(Cc4ccccc4)[C@@H]12)OCCO3. The van der Waals surface area contributed by atoms with Gasteiger partial charge in [-0.05, 0) is 47.6 Å². The molecule has 3 heteroatoms. The van der Waals surface area contributed by atoms with Gasteiger partial charge in [0.25, 0.3) is 0 Å². The van der Waals surface area contributed by atoms with E-state index in [1.807, 2.05) is 0 Å². The zero-order valence-electron chi connectivity index (χ0n) is 14.8. The third kappa shape index (κ3) is 2.96. The second-order valence-electron chi connectivity index (χ2n) is 7.74. The fourth-order valence-corrected chi connectivity index (χ4v) is 5.49. The molecule has 134 valence electrons. The molecule has 3 aliphatic rings. The van der Waals surface area contributed by atoms with Crippen LogP contribution in [0.5, 0.6) is 0 Å². The van der Waals surface area contributed by atoms with Crippen molar-refractivity contribution < 1.29 is 9.47 Å². The fraction of sp³-hybridized carbons (Fsp3) is 0.391. The van der Waals surface area contributed by atoms with Crippen LogP contribution in [-0.2, 0) is 22.3 Å². The van der Waals surface area contributed by atoms with E-state index in [9.17, 15) is 0 Å². The summed E-state index contributed by atoms with van der Waals surface area (Å²) in [5.74, 6) is 0.579. The first-order valence-electron chi connectivity index (χ1n) is 9.52. The van der Waals surface area contributed by atoms with Crippen molar-refractivity contribution in [3.63, 3.8) is 0 Å². The second kappa shape index (κ2) is 6.63. The Morgan fingerprint density at radius 3 is 2.65 bits per heavy atom. The summed E-state index contributed by atoms with van der Waals surface area (Å²) < 4.78 is 13.4. The van der Waals surface area contributed by atoms with Crippen molar-refractivity contribution in [3.05, 3.63) is 81.3 Å². The summed E-state index contributed by atoms with van der Waals surface area (Å²) in [6, 6.07) is 17.7. The average Bonchev–Trinajstić information content (AvgIpc) is 3.09. The van der Waals surface area contributed by atoms with Crippen molar-refractivity contribution in [2.24, 2.45) is 5.92 Å². The maximum atomic E-state index is 6.13. The highest BCUT2D eigenvalue weighted by molar-refractivity contribution is 9.10. The van der Waals surface area contributed by atoms with Crippen LogP contribution in [0.15, 0.2) is 64.7 Å². The van der Waals surface area contributed by atoms with Gasteiger partial charge in [-0.2, -0.15) is 0 Å². The van der Waals surface area contributed by atoms with Crippen molar-refractivity contribution in [1.82, 2.24) is 0 Å². The zero-order valence-corrected chi connectivity index (χ0v) is 16.4. The Morgan fingerprint density at radius 2 is 1.85 bits per heavy atom. The van der Waals surface area contributed by atoms with E-state index in [4.69, 9.17) is 9.47 Å². The predicted octanol–water partition coefficient (Wildman–Crippen LogP) is 5.41. The molecule has 2 atom stereocenters. The van der Waals surface area contributed by atoms with E-state index in [2.05, 4.69) is 70.5 Å². The highest BCUT2D eigenvalue weighted by Gasteiger charge is 2.48. The Balaban J connectivity index is 1.55. The Bertz CT molecular complexity index is 837. The lowest BCUT2D eigenvalue weighted by Crippen LogP contribution is -2.42. The quantitative estimate of drug-likeness (QED) is 0.616. The van der Waals surface area contributed by atoms with E-state index in [1.165, 1.54) is 26.7 Å². The van der Waals surface area contributed by atoms with E-state index in [0.717, 1.165) is 38.9 Å². The van der Waals surface area contributed by atoms with E-state index >= 15 is 0 Å². The molecule has 2 aromatic carbocycles. The number of rotatable bonds is 2. The monoisotopic (exact) mass is 410 g/mol. The van der Waals surface area contributed by atoms with Crippen molar-refractivity contribution in [3.8, 4) is 0 Å². The summed E-state index contributed by atoms with van der Waals surface area (Å²) in [6.07, 6.45) is 6.39. The van der Waals surface area contributed by atoms with Gasteiger partial charge < -0.3 is 9.47 Å². The molecule has 2 aliphatic carbocycles. The van der Waals surface area contributed by atoms with Crippen LogP contribution in [0.2, 0.25) is 0 Å². The fourth-order valence-electron chi connectivity index (χ4n) is 5.09. The van der Waals surface area contributed by atoms with Crippen LogP contribution in [-0.4, -0.2) is 19.0 Å². The Hall–Kier alpha value is -1.42. The smallest absolute Gasteiger partial charge is 0.172 e. The van der Waals surface area contributed by atoms with Gasteiger partial charge in [0.2, 0.25) is 0 Å². The highest BCUT2D eigenvalue weighted by Crippen LogP contribution is 2.52. The number of benzene rings is 2. The molecule has 1 heterocycles. The minimum atomic E-state index is -0.394. The maximum Gasteiger partial charge on any atom is 0.172 e. The Morgan fingerprint density at radius 1 is 1.04 bits per heavy atom. The molecule has 26 heavy (non-hydrogen) atoms. The van der Waals surface area contributed by atoms with Gasteiger partial charge in [-0.1, -0.05) is 64.0 Å². The summed E-state index contributed by atoms with van der Waals surface area (Å²) in [7, 11) is 0. The van der Waals surface area contributed by atoms with Crippen LogP contribution < -0.4 is 0 Å². The molecule has 1 saturated heterocycles. The largest absolute Gasteiger partial charge is 0.347 e. The number of fused-ring (bicyclic) bond motifs is 3. The van der Waals surface area contributed by atoms with Crippen LogP contribution >= 0.6 is 15.9 Å². The zero-order chi connectivity index (χ0) is 17.6. The summed E-state index contributed by atoms with van der Waals surface area (Å²) in [5.41, 5.74) is 5.86. The summed E-state index contributed by atoms with van der Waals surface area (Å²) in [6.45, 7) is 1.44. The van der Waals surface area contributed by atoms with Gasteiger partial charge in [-0.15, -0.1) is 0 Å². The summed E-state index contributed by atoms with van der Waals surface area (Å²) >= 11 is 3.64. The van der Waals surface area contributed by atoms with E-state index < -0.39 is 5.79 Å². The number of ether oxygens (including phenoxy) is 2. The normalized spacial score (nSPS) is 26.3. The van der Waals surface area contributed by atoms with Crippen LogP contribution in [0, 0.1) is 5.92 Å². The van der Waals surface area contributed by atoms with Gasteiger partial charge in [0.1, 0.15) is 0 Å². The summed E-state index contributed by atoms with van der Waals surface area (Å²) in [5, 5.41) is 0. The first-order chi connectivity index (χ1) is 12.7. The maximum absolute atomic E-state index is 6.13. The molecule has 1 saturated carbocycles.